The SMILES string of the molecule is CCCc1cc(C(=O)O)cc(Oc2cc(C)ccc2Cl)n1. The topological polar surface area (TPSA) is 59.4 Å². The molecule has 0 spiro atoms. The number of ether oxygens (including phenoxy) is 1. The van der Waals surface area contributed by atoms with Gasteiger partial charge in [0.25, 0.3) is 0 Å². The first kappa shape index (κ1) is 15.3. The molecule has 0 radical (unpaired) electrons. The molecule has 0 aliphatic heterocycles. The average Bonchev–Trinajstić information content (AvgIpc) is 2.43. The molecule has 1 N–H and O–H groups in total. The van der Waals surface area contributed by atoms with Crippen molar-refractivity contribution in [2.75, 3.05) is 0 Å². The van der Waals surface area contributed by atoms with Crippen LogP contribution < -0.4 is 4.74 Å². The van der Waals surface area contributed by atoms with Gasteiger partial charge in [-0.1, -0.05) is 31.0 Å². The first-order valence-electron chi connectivity index (χ1n) is 6.68. The largest absolute Gasteiger partial charge is 0.478 e. The number of rotatable bonds is 5. The maximum absolute atomic E-state index is 11.2. The number of aromatic nitrogens is 1. The second-order valence-electron chi connectivity index (χ2n) is 4.78. The first-order valence-corrected chi connectivity index (χ1v) is 7.05. The van der Waals surface area contributed by atoms with Crippen LogP contribution in [0.3, 0.4) is 0 Å². The summed E-state index contributed by atoms with van der Waals surface area (Å²) in [4.78, 5) is 15.5. The van der Waals surface area contributed by atoms with Crippen molar-refractivity contribution in [3.8, 4) is 11.6 Å². The van der Waals surface area contributed by atoms with E-state index in [9.17, 15) is 4.79 Å². The van der Waals surface area contributed by atoms with Gasteiger partial charge in [0, 0.05) is 11.8 Å². The Labute approximate surface area is 128 Å². The Bertz CT molecular complexity index is 671. The molecule has 0 bridgehead atoms. The van der Waals surface area contributed by atoms with Crippen molar-refractivity contribution >= 4 is 17.6 Å². The van der Waals surface area contributed by atoms with Gasteiger partial charge in [0.05, 0.1) is 10.6 Å². The molecule has 5 heteroatoms. The van der Waals surface area contributed by atoms with E-state index in [1.54, 1.807) is 18.2 Å². The minimum Gasteiger partial charge on any atom is -0.478 e. The zero-order valence-electron chi connectivity index (χ0n) is 11.9. The Morgan fingerprint density at radius 3 is 2.76 bits per heavy atom. The van der Waals surface area contributed by atoms with Crippen molar-refractivity contribution in [2.45, 2.75) is 26.7 Å². The second-order valence-corrected chi connectivity index (χ2v) is 5.18. The van der Waals surface area contributed by atoms with Gasteiger partial charge in [0.2, 0.25) is 5.88 Å². The van der Waals surface area contributed by atoms with Crippen LogP contribution in [-0.4, -0.2) is 16.1 Å². The van der Waals surface area contributed by atoms with Crippen molar-refractivity contribution in [2.24, 2.45) is 0 Å². The number of nitrogens with zero attached hydrogens (tertiary/aromatic N) is 1. The second kappa shape index (κ2) is 6.59. The zero-order valence-corrected chi connectivity index (χ0v) is 12.6. The van der Waals surface area contributed by atoms with E-state index in [1.807, 2.05) is 19.9 Å². The molecule has 0 atom stereocenters. The van der Waals surface area contributed by atoms with Gasteiger partial charge in [-0.25, -0.2) is 9.78 Å². The van der Waals surface area contributed by atoms with Crippen molar-refractivity contribution in [3.05, 3.63) is 52.2 Å². The number of carboxylic acids is 1. The molecule has 0 amide bonds. The van der Waals surface area contributed by atoms with E-state index in [1.165, 1.54) is 6.07 Å². The number of pyridine rings is 1. The minimum atomic E-state index is -1.00. The highest BCUT2D eigenvalue weighted by Gasteiger charge is 2.11. The van der Waals surface area contributed by atoms with Gasteiger partial charge in [0.15, 0.2) is 0 Å². The number of benzene rings is 1. The standard InChI is InChI=1S/C16H16ClNO3/c1-3-4-12-8-11(16(19)20)9-15(18-12)21-14-7-10(2)5-6-13(14)17/h5-9H,3-4H2,1-2H3,(H,19,20). The minimum absolute atomic E-state index is 0.159. The lowest BCUT2D eigenvalue weighted by atomic mass is 10.1. The molecular weight excluding hydrogens is 290 g/mol. The molecule has 0 saturated carbocycles. The fraction of sp³-hybridized carbons (Fsp3) is 0.250. The molecule has 0 fully saturated rings. The Hall–Kier alpha value is -2.07. The number of carboxylic acid groups (broad SMARTS) is 1. The van der Waals surface area contributed by atoms with Crippen molar-refractivity contribution in [1.82, 2.24) is 4.98 Å². The summed E-state index contributed by atoms with van der Waals surface area (Å²) in [5, 5.41) is 9.62. The van der Waals surface area contributed by atoms with E-state index >= 15 is 0 Å². The van der Waals surface area contributed by atoms with Gasteiger partial charge >= 0.3 is 5.97 Å². The summed E-state index contributed by atoms with van der Waals surface area (Å²) >= 11 is 6.08. The zero-order chi connectivity index (χ0) is 15.4. The van der Waals surface area contributed by atoms with E-state index in [2.05, 4.69) is 4.98 Å². The normalized spacial score (nSPS) is 10.4. The Balaban J connectivity index is 2.38. The summed E-state index contributed by atoms with van der Waals surface area (Å²) in [7, 11) is 0. The van der Waals surface area contributed by atoms with Crippen LogP contribution in [0.2, 0.25) is 5.02 Å². The third kappa shape index (κ3) is 3.95. The van der Waals surface area contributed by atoms with E-state index in [-0.39, 0.29) is 11.4 Å². The predicted octanol–water partition coefficient (Wildman–Crippen LogP) is 4.49. The molecule has 1 aromatic heterocycles. The fourth-order valence-corrected chi connectivity index (χ4v) is 2.08. The summed E-state index contributed by atoms with van der Waals surface area (Å²) < 4.78 is 5.66. The predicted molar refractivity (Wildman–Crippen MR) is 81.5 cm³/mol. The molecule has 1 aromatic carbocycles. The third-order valence-electron chi connectivity index (χ3n) is 2.91. The van der Waals surface area contributed by atoms with Gasteiger partial charge in [-0.15, -0.1) is 0 Å². The number of hydrogen-bond acceptors (Lipinski definition) is 3. The molecule has 4 nitrogen and oxygen atoms in total. The molecule has 0 unspecified atom stereocenters. The summed E-state index contributed by atoms with van der Waals surface area (Å²) in [5.41, 5.74) is 1.85. The van der Waals surface area contributed by atoms with Crippen LogP contribution in [0.4, 0.5) is 0 Å². The molecule has 110 valence electrons. The quantitative estimate of drug-likeness (QED) is 0.884. The van der Waals surface area contributed by atoms with Crippen LogP contribution in [0.15, 0.2) is 30.3 Å². The van der Waals surface area contributed by atoms with Gasteiger partial charge < -0.3 is 9.84 Å². The number of aromatic carboxylic acids is 1. The third-order valence-corrected chi connectivity index (χ3v) is 3.22. The Morgan fingerprint density at radius 2 is 2.10 bits per heavy atom. The molecule has 0 saturated heterocycles. The summed E-state index contributed by atoms with van der Waals surface area (Å²) in [6.07, 6.45) is 1.57. The summed E-state index contributed by atoms with van der Waals surface area (Å²) in [6, 6.07) is 8.37. The summed E-state index contributed by atoms with van der Waals surface area (Å²) in [6.45, 7) is 3.93. The van der Waals surface area contributed by atoms with E-state index in [0.717, 1.165) is 12.0 Å². The number of carbonyl (C=O) groups is 1. The highest BCUT2D eigenvalue weighted by Crippen LogP contribution is 2.30. The Kier molecular flexibility index (Phi) is 4.81. The lowest BCUT2D eigenvalue weighted by Crippen LogP contribution is -2.02. The fourth-order valence-electron chi connectivity index (χ4n) is 1.92. The average molecular weight is 306 g/mol. The van der Waals surface area contributed by atoms with Crippen molar-refractivity contribution in [3.63, 3.8) is 0 Å². The highest BCUT2D eigenvalue weighted by molar-refractivity contribution is 6.32. The maximum Gasteiger partial charge on any atom is 0.335 e. The van der Waals surface area contributed by atoms with Crippen LogP contribution in [0.1, 0.15) is 35.0 Å². The monoisotopic (exact) mass is 305 g/mol. The molecule has 2 aromatic rings. The van der Waals surface area contributed by atoms with Gasteiger partial charge in [-0.2, -0.15) is 0 Å². The smallest absolute Gasteiger partial charge is 0.335 e. The maximum atomic E-state index is 11.2. The molecule has 1 heterocycles. The van der Waals surface area contributed by atoms with Crippen LogP contribution in [0, 0.1) is 6.92 Å². The van der Waals surface area contributed by atoms with Crippen LogP contribution in [0.5, 0.6) is 11.6 Å². The van der Waals surface area contributed by atoms with Gasteiger partial charge in [-0.05, 0) is 37.1 Å². The first-order chi connectivity index (χ1) is 9.99. The molecule has 2 rings (SSSR count). The van der Waals surface area contributed by atoms with Gasteiger partial charge in [0.1, 0.15) is 5.75 Å². The summed E-state index contributed by atoms with van der Waals surface area (Å²) in [5.74, 6) is -0.296. The molecule has 21 heavy (non-hydrogen) atoms. The van der Waals surface area contributed by atoms with E-state index in [4.69, 9.17) is 21.4 Å². The lowest BCUT2D eigenvalue weighted by molar-refractivity contribution is 0.0696. The van der Waals surface area contributed by atoms with E-state index < -0.39 is 5.97 Å². The lowest BCUT2D eigenvalue weighted by Gasteiger charge is -2.10. The molecule has 0 aliphatic rings. The van der Waals surface area contributed by atoms with E-state index in [0.29, 0.717) is 22.9 Å². The van der Waals surface area contributed by atoms with Crippen LogP contribution >= 0.6 is 11.6 Å². The van der Waals surface area contributed by atoms with Crippen molar-refractivity contribution < 1.29 is 14.6 Å². The van der Waals surface area contributed by atoms with Crippen molar-refractivity contribution in [1.29, 1.82) is 0 Å². The number of hydrogen-bond donors (Lipinski definition) is 1. The molecular formula is C16H16ClNO3. The molecule has 0 aliphatic carbocycles. The number of halogens is 1. The van der Waals surface area contributed by atoms with Crippen LogP contribution in [0.25, 0.3) is 0 Å². The number of aryl methyl sites for hydroxylation is 2. The highest BCUT2D eigenvalue weighted by atomic mass is 35.5. The van der Waals surface area contributed by atoms with Gasteiger partial charge in [-0.3, -0.25) is 0 Å². The van der Waals surface area contributed by atoms with Crippen LogP contribution in [-0.2, 0) is 6.42 Å². The Morgan fingerprint density at radius 1 is 1.33 bits per heavy atom.